The van der Waals surface area contributed by atoms with Crippen molar-refractivity contribution in [3.8, 4) is 12.3 Å². The van der Waals surface area contributed by atoms with Gasteiger partial charge in [-0.1, -0.05) is 54.5 Å². The molecule has 0 saturated carbocycles. The molecule has 72 valence electrons. The monoisotopic (exact) mass is 192 g/mol. The Morgan fingerprint density at radius 3 is 2.33 bits per heavy atom. The minimum Gasteiger partial charge on any atom is -0.115 e. The summed E-state index contributed by atoms with van der Waals surface area (Å²) >= 11 is 0. The lowest BCUT2D eigenvalue weighted by Crippen LogP contribution is -1.81. The van der Waals surface area contributed by atoms with Crippen molar-refractivity contribution in [1.82, 2.24) is 0 Å². The van der Waals surface area contributed by atoms with Crippen LogP contribution in [-0.2, 0) is 0 Å². The minimum atomic E-state index is 0.442. The Kier molecular flexibility index (Phi) is 2.85. The zero-order valence-corrected chi connectivity index (χ0v) is 8.43. The Balaban J connectivity index is 2.08. The number of allylic oxidation sites excluding steroid dienone is 5. The van der Waals surface area contributed by atoms with Gasteiger partial charge in [0, 0.05) is 11.5 Å². The first-order chi connectivity index (χ1) is 7.38. The third-order valence-corrected chi connectivity index (χ3v) is 2.37. The Labute approximate surface area is 90.6 Å². The van der Waals surface area contributed by atoms with Crippen molar-refractivity contribution in [3.63, 3.8) is 0 Å². The molecule has 0 N–H and O–H groups in total. The second kappa shape index (κ2) is 4.48. The van der Waals surface area contributed by atoms with E-state index >= 15 is 0 Å². The Morgan fingerprint density at radius 1 is 1.07 bits per heavy atom. The molecule has 0 atom stereocenters. The smallest absolute Gasteiger partial charge is 0.0243 e. The normalized spacial score (nSPS) is 14.9. The predicted octanol–water partition coefficient (Wildman–Crippen LogP) is 3.42. The fraction of sp³-hybridized carbons (Fsp3) is 0.0667. The number of rotatable bonds is 2. The number of terminal acetylenes is 1. The van der Waals surface area contributed by atoms with Gasteiger partial charge in [-0.3, -0.25) is 0 Å². The Morgan fingerprint density at radius 2 is 1.73 bits per heavy atom. The van der Waals surface area contributed by atoms with Gasteiger partial charge < -0.3 is 0 Å². The van der Waals surface area contributed by atoms with Gasteiger partial charge in [-0.15, -0.1) is 6.42 Å². The van der Waals surface area contributed by atoms with E-state index in [1.165, 1.54) is 5.56 Å². The van der Waals surface area contributed by atoms with Gasteiger partial charge in [0.1, 0.15) is 0 Å². The van der Waals surface area contributed by atoms with E-state index in [1.807, 2.05) is 24.3 Å². The summed E-state index contributed by atoms with van der Waals surface area (Å²) in [7, 11) is 0. The lowest BCUT2D eigenvalue weighted by Gasteiger charge is -1.97. The van der Waals surface area contributed by atoms with Crippen molar-refractivity contribution in [3.05, 3.63) is 65.8 Å². The molecule has 0 heteroatoms. The highest BCUT2D eigenvalue weighted by atomic mass is 14.0. The molecule has 0 radical (unpaired) electrons. The molecule has 0 heterocycles. The van der Waals surface area contributed by atoms with Gasteiger partial charge in [-0.2, -0.15) is 0 Å². The summed E-state index contributed by atoms with van der Waals surface area (Å²) in [5, 5.41) is 0. The minimum absolute atomic E-state index is 0.442. The molecule has 2 rings (SSSR count). The highest BCUT2D eigenvalue weighted by molar-refractivity contribution is 5.52. The average Bonchev–Trinajstić information content (AvgIpc) is 2.80. The molecule has 15 heavy (non-hydrogen) atoms. The van der Waals surface area contributed by atoms with Crippen molar-refractivity contribution in [1.29, 1.82) is 0 Å². The molecule has 0 saturated heterocycles. The molecular formula is C15H12. The van der Waals surface area contributed by atoms with Gasteiger partial charge in [0.25, 0.3) is 0 Å². The van der Waals surface area contributed by atoms with E-state index in [9.17, 15) is 0 Å². The van der Waals surface area contributed by atoms with Crippen molar-refractivity contribution in [2.75, 3.05) is 0 Å². The molecule has 1 aromatic carbocycles. The first-order valence-corrected chi connectivity index (χ1v) is 4.98. The molecule has 1 aliphatic carbocycles. The molecular weight excluding hydrogens is 180 g/mol. The van der Waals surface area contributed by atoms with Crippen molar-refractivity contribution in [2.45, 2.75) is 0 Å². The number of hydrogen-bond donors (Lipinski definition) is 0. The lowest BCUT2D eigenvalue weighted by molar-refractivity contribution is 1.10. The van der Waals surface area contributed by atoms with Crippen LogP contribution in [0.15, 0.2) is 54.6 Å². The molecule has 0 amide bonds. The average molecular weight is 192 g/mol. The highest BCUT2D eigenvalue weighted by Gasteiger charge is 1.97. The quantitative estimate of drug-likeness (QED) is 0.630. The molecule has 0 spiro atoms. The SMILES string of the molecule is C#Cc1ccc(/C=C/C2C=CC=C2)cc1. The van der Waals surface area contributed by atoms with Crippen LogP contribution >= 0.6 is 0 Å². The maximum Gasteiger partial charge on any atom is 0.0243 e. The van der Waals surface area contributed by atoms with Gasteiger partial charge in [0.05, 0.1) is 0 Å². The van der Waals surface area contributed by atoms with E-state index in [4.69, 9.17) is 6.42 Å². The van der Waals surface area contributed by atoms with E-state index in [0.717, 1.165) is 5.56 Å². The first kappa shape index (κ1) is 9.55. The second-order valence-electron chi connectivity index (χ2n) is 3.47. The molecule has 0 unspecified atom stereocenters. The van der Waals surface area contributed by atoms with Gasteiger partial charge >= 0.3 is 0 Å². The van der Waals surface area contributed by atoms with Crippen LogP contribution < -0.4 is 0 Å². The standard InChI is InChI=1S/C15H12/c1-2-13-7-9-15(10-8-13)12-11-14-5-3-4-6-14/h1,3-12,14H/b12-11+. The van der Waals surface area contributed by atoms with Crippen LogP contribution in [0.4, 0.5) is 0 Å². The van der Waals surface area contributed by atoms with Crippen LogP contribution in [0, 0.1) is 18.3 Å². The van der Waals surface area contributed by atoms with Gasteiger partial charge in [0.15, 0.2) is 0 Å². The molecule has 0 fully saturated rings. The molecule has 0 aromatic heterocycles. The molecule has 1 aliphatic rings. The van der Waals surface area contributed by atoms with E-state index in [-0.39, 0.29) is 0 Å². The van der Waals surface area contributed by atoms with Crippen molar-refractivity contribution < 1.29 is 0 Å². The van der Waals surface area contributed by atoms with E-state index in [1.54, 1.807) is 0 Å². The number of hydrogen-bond acceptors (Lipinski definition) is 0. The summed E-state index contributed by atoms with van der Waals surface area (Å²) in [6, 6.07) is 7.99. The predicted molar refractivity (Wildman–Crippen MR) is 65.2 cm³/mol. The van der Waals surface area contributed by atoms with Crippen LogP contribution in [0.2, 0.25) is 0 Å². The number of benzene rings is 1. The molecule has 1 aromatic rings. The molecule has 0 nitrogen and oxygen atoms in total. The third-order valence-electron chi connectivity index (χ3n) is 2.37. The largest absolute Gasteiger partial charge is 0.115 e. The lowest BCUT2D eigenvalue weighted by atomic mass is 10.1. The Hall–Kier alpha value is -2.00. The summed E-state index contributed by atoms with van der Waals surface area (Å²) in [5.41, 5.74) is 2.11. The fourth-order valence-corrected chi connectivity index (χ4v) is 1.49. The summed E-state index contributed by atoms with van der Waals surface area (Å²) in [4.78, 5) is 0. The summed E-state index contributed by atoms with van der Waals surface area (Å²) in [6.45, 7) is 0. The topological polar surface area (TPSA) is 0 Å². The summed E-state index contributed by atoms with van der Waals surface area (Å²) < 4.78 is 0. The summed E-state index contributed by atoms with van der Waals surface area (Å²) in [6.07, 6.45) is 18.0. The fourth-order valence-electron chi connectivity index (χ4n) is 1.49. The van der Waals surface area contributed by atoms with Crippen LogP contribution in [0.3, 0.4) is 0 Å². The van der Waals surface area contributed by atoms with Crippen molar-refractivity contribution in [2.24, 2.45) is 5.92 Å². The zero-order valence-electron chi connectivity index (χ0n) is 8.43. The van der Waals surface area contributed by atoms with Crippen LogP contribution in [0.25, 0.3) is 6.08 Å². The second-order valence-corrected chi connectivity index (χ2v) is 3.47. The van der Waals surface area contributed by atoms with E-state index in [0.29, 0.717) is 5.92 Å². The highest BCUT2D eigenvalue weighted by Crippen LogP contribution is 2.13. The van der Waals surface area contributed by atoms with E-state index < -0.39 is 0 Å². The zero-order chi connectivity index (χ0) is 10.5. The Bertz CT molecular complexity index is 438. The third kappa shape index (κ3) is 2.48. The van der Waals surface area contributed by atoms with E-state index in [2.05, 4.69) is 42.4 Å². The summed E-state index contributed by atoms with van der Waals surface area (Å²) in [5.74, 6) is 3.05. The molecule has 0 bridgehead atoms. The first-order valence-electron chi connectivity index (χ1n) is 4.98. The van der Waals surface area contributed by atoms with Crippen molar-refractivity contribution >= 4 is 6.08 Å². The van der Waals surface area contributed by atoms with Gasteiger partial charge in [-0.05, 0) is 17.7 Å². The van der Waals surface area contributed by atoms with Crippen LogP contribution in [0.5, 0.6) is 0 Å². The molecule has 0 aliphatic heterocycles. The van der Waals surface area contributed by atoms with Crippen LogP contribution in [0.1, 0.15) is 11.1 Å². The van der Waals surface area contributed by atoms with Gasteiger partial charge in [0.2, 0.25) is 0 Å². The van der Waals surface area contributed by atoms with Gasteiger partial charge in [-0.25, -0.2) is 0 Å². The maximum atomic E-state index is 5.29. The maximum absolute atomic E-state index is 5.29. The van der Waals surface area contributed by atoms with Crippen LogP contribution in [-0.4, -0.2) is 0 Å².